The molecule has 0 bridgehead atoms. The van der Waals surface area contributed by atoms with Crippen molar-refractivity contribution in [1.29, 1.82) is 0 Å². The average Bonchev–Trinajstić information content (AvgIpc) is 3.18. The Labute approximate surface area is 154 Å². The number of ether oxygens (including phenoxy) is 2. The van der Waals surface area contributed by atoms with Crippen molar-refractivity contribution in [3.8, 4) is 5.75 Å². The molecule has 1 aromatic rings. The van der Waals surface area contributed by atoms with Gasteiger partial charge in [-0.1, -0.05) is 18.2 Å². The molecule has 1 saturated heterocycles. The molecule has 26 heavy (non-hydrogen) atoms. The number of aliphatic imine (C=N–C) groups is 1. The lowest BCUT2D eigenvalue weighted by Gasteiger charge is -2.39. The minimum atomic E-state index is -0.469. The van der Waals surface area contributed by atoms with Gasteiger partial charge in [-0.2, -0.15) is 0 Å². The fourth-order valence-electron chi connectivity index (χ4n) is 3.63. The molecule has 3 aliphatic heterocycles. The van der Waals surface area contributed by atoms with Gasteiger partial charge in [0.2, 0.25) is 0 Å². The predicted octanol–water partition coefficient (Wildman–Crippen LogP) is 2.00. The van der Waals surface area contributed by atoms with E-state index in [0.717, 1.165) is 18.3 Å². The molecular weight excluding hydrogens is 332 g/mol. The average molecular weight is 358 g/mol. The SMILES string of the molecule is CC(C)(C)OC(=O)N1CCN2C(NC3COc4ccccc43)=NCC2C1. The summed E-state index contributed by atoms with van der Waals surface area (Å²) < 4.78 is 11.2. The number of para-hydroxylation sites is 1. The van der Waals surface area contributed by atoms with Gasteiger partial charge in [-0.25, -0.2) is 4.79 Å². The first-order chi connectivity index (χ1) is 12.4. The van der Waals surface area contributed by atoms with Crippen molar-refractivity contribution in [2.75, 3.05) is 32.8 Å². The molecule has 0 aliphatic carbocycles. The van der Waals surface area contributed by atoms with E-state index in [1.807, 2.05) is 39.0 Å². The van der Waals surface area contributed by atoms with Crippen molar-refractivity contribution in [2.45, 2.75) is 38.5 Å². The van der Waals surface area contributed by atoms with Crippen molar-refractivity contribution in [3.05, 3.63) is 29.8 Å². The Bertz CT molecular complexity index is 728. The van der Waals surface area contributed by atoms with E-state index in [1.54, 1.807) is 4.90 Å². The third kappa shape index (κ3) is 3.30. The smallest absolute Gasteiger partial charge is 0.410 e. The standard InChI is InChI=1S/C19H26N4O3/c1-19(2,3)26-18(24)22-8-9-23-13(11-22)10-20-17(23)21-15-12-25-16-7-5-4-6-14(15)16/h4-7,13,15H,8-12H2,1-3H3,(H,20,21). The molecule has 1 amide bonds. The van der Waals surface area contributed by atoms with E-state index in [9.17, 15) is 4.79 Å². The number of carbonyl (C=O) groups excluding carboxylic acids is 1. The van der Waals surface area contributed by atoms with Crippen molar-refractivity contribution in [3.63, 3.8) is 0 Å². The second-order valence-corrected chi connectivity index (χ2v) is 7.98. The van der Waals surface area contributed by atoms with Crippen LogP contribution in [0.4, 0.5) is 4.79 Å². The second-order valence-electron chi connectivity index (χ2n) is 7.98. The summed E-state index contributed by atoms with van der Waals surface area (Å²) in [5.74, 6) is 1.85. The Morgan fingerprint density at radius 2 is 2.12 bits per heavy atom. The number of guanidine groups is 1. The fourth-order valence-corrected chi connectivity index (χ4v) is 3.63. The van der Waals surface area contributed by atoms with Gasteiger partial charge in [-0.15, -0.1) is 0 Å². The molecule has 1 aromatic carbocycles. The minimum Gasteiger partial charge on any atom is -0.491 e. The van der Waals surface area contributed by atoms with Crippen LogP contribution in [0.15, 0.2) is 29.3 Å². The highest BCUT2D eigenvalue weighted by atomic mass is 16.6. The van der Waals surface area contributed by atoms with Crippen LogP contribution in [0.25, 0.3) is 0 Å². The molecule has 140 valence electrons. The number of piperazine rings is 1. The molecule has 1 N–H and O–H groups in total. The first kappa shape index (κ1) is 17.0. The summed E-state index contributed by atoms with van der Waals surface area (Å²) in [6, 6.07) is 8.42. The Kier molecular flexibility index (Phi) is 4.17. The summed E-state index contributed by atoms with van der Waals surface area (Å²) in [5, 5.41) is 3.53. The number of amides is 1. The summed E-state index contributed by atoms with van der Waals surface area (Å²) in [4.78, 5) is 21.1. The molecule has 0 aromatic heterocycles. The molecule has 0 radical (unpaired) electrons. The zero-order valence-corrected chi connectivity index (χ0v) is 15.6. The maximum absolute atomic E-state index is 12.3. The van der Waals surface area contributed by atoms with Gasteiger partial charge >= 0.3 is 6.09 Å². The molecule has 2 unspecified atom stereocenters. The molecular formula is C19H26N4O3. The van der Waals surface area contributed by atoms with E-state index >= 15 is 0 Å². The number of benzene rings is 1. The van der Waals surface area contributed by atoms with Gasteiger partial charge < -0.3 is 24.6 Å². The summed E-state index contributed by atoms with van der Waals surface area (Å²) in [5.41, 5.74) is 0.703. The highest BCUT2D eigenvalue weighted by molar-refractivity contribution is 5.83. The molecule has 2 atom stereocenters. The first-order valence-corrected chi connectivity index (χ1v) is 9.18. The Morgan fingerprint density at radius 3 is 2.92 bits per heavy atom. The third-order valence-corrected chi connectivity index (χ3v) is 4.86. The first-order valence-electron chi connectivity index (χ1n) is 9.18. The van der Waals surface area contributed by atoms with Gasteiger partial charge in [0.15, 0.2) is 5.96 Å². The van der Waals surface area contributed by atoms with Gasteiger partial charge in [-0.05, 0) is 26.8 Å². The molecule has 7 nitrogen and oxygen atoms in total. The maximum Gasteiger partial charge on any atom is 0.410 e. The number of hydrogen-bond donors (Lipinski definition) is 1. The van der Waals surface area contributed by atoms with Crippen molar-refractivity contribution >= 4 is 12.1 Å². The van der Waals surface area contributed by atoms with Gasteiger partial charge in [0.05, 0.1) is 18.6 Å². The molecule has 3 heterocycles. The van der Waals surface area contributed by atoms with Crippen LogP contribution in [0.2, 0.25) is 0 Å². The predicted molar refractivity (Wildman–Crippen MR) is 98.4 cm³/mol. The van der Waals surface area contributed by atoms with Gasteiger partial charge in [-0.3, -0.25) is 4.99 Å². The van der Waals surface area contributed by atoms with Gasteiger partial charge in [0, 0.05) is 25.2 Å². The summed E-state index contributed by atoms with van der Waals surface area (Å²) >= 11 is 0. The van der Waals surface area contributed by atoms with E-state index in [2.05, 4.69) is 21.3 Å². The van der Waals surface area contributed by atoms with Crippen LogP contribution in [-0.2, 0) is 4.74 Å². The maximum atomic E-state index is 12.3. The van der Waals surface area contributed by atoms with Gasteiger partial charge in [0.1, 0.15) is 18.0 Å². The summed E-state index contributed by atoms with van der Waals surface area (Å²) in [7, 11) is 0. The molecule has 0 saturated carbocycles. The Morgan fingerprint density at radius 1 is 1.31 bits per heavy atom. The largest absolute Gasteiger partial charge is 0.491 e. The van der Waals surface area contributed by atoms with E-state index in [0.29, 0.717) is 26.2 Å². The molecule has 4 rings (SSSR count). The lowest BCUT2D eigenvalue weighted by Crippen LogP contribution is -2.57. The number of nitrogens with zero attached hydrogens (tertiary/aromatic N) is 3. The fraction of sp³-hybridized carbons (Fsp3) is 0.579. The summed E-state index contributed by atoms with van der Waals surface area (Å²) in [6.07, 6.45) is -0.239. The summed E-state index contributed by atoms with van der Waals surface area (Å²) in [6.45, 7) is 9.02. The number of carbonyl (C=O) groups is 1. The van der Waals surface area contributed by atoms with E-state index < -0.39 is 5.60 Å². The van der Waals surface area contributed by atoms with Crippen molar-refractivity contribution in [2.24, 2.45) is 4.99 Å². The van der Waals surface area contributed by atoms with Crippen LogP contribution in [0.3, 0.4) is 0 Å². The molecule has 3 aliphatic rings. The van der Waals surface area contributed by atoms with Crippen LogP contribution in [0.5, 0.6) is 5.75 Å². The second kappa shape index (κ2) is 6.37. The zero-order chi connectivity index (χ0) is 18.3. The van der Waals surface area contributed by atoms with Crippen LogP contribution >= 0.6 is 0 Å². The van der Waals surface area contributed by atoms with Crippen LogP contribution < -0.4 is 10.1 Å². The Hall–Kier alpha value is -2.44. The lowest BCUT2D eigenvalue weighted by molar-refractivity contribution is 0.0137. The van der Waals surface area contributed by atoms with E-state index in [-0.39, 0.29) is 18.2 Å². The van der Waals surface area contributed by atoms with Crippen LogP contribution in [0.1, 0.15) is 32.4 Å². The van der Waals surface area contributed by atoms with Crippen molar-refractivity contribution < 1.29 is 14.3 Å². The number of nitrogens with one attached hydrogen (secondary N) is 1. The monoisotopic (exact) mass is 358 g/mol. The topological polar surface area (TPSA) is 66.4 Å². The number of hydrogen-bond acceptors (Lipinski definition) is 6. The van der Waals surface area contributed by atoms with E-state index in [1.165, 1.54) is 5.56 Å². The van der Waals surface area contributed by atoms with Gasteiger partial charge in [0.25, 0.3) is 0 Å². The molecule has 1 fully saturated rings. The third-order valence-electron chi connectivity index (χ3n) is 4.86. The highest BCUT2D eigenvalue weighted by Crippen LogP contribution is 2.32. The van der Waals surface area contributed by atoms with E-state index in [4.69, 9.17) is 9.47 Å². The van der Waals surface area contributed by atoms with Crippen LogP contribution in [0, 0.1) is 0 Å². The normalized spacial score (nSPS) is 24.5. The minimum absolute atomic E-state index is 0.118. The molecule has 0 spiro atoms. The van der Waals surface area contributed by atoms with Crippen LogP contribution in [-0.4, -0.2) is 66.3 Å². The highest BCUT2D eigenvalue weighted by Gasteiger charge is 2.37. The molecule has 7 heteroatoms. The Balaban J connectivity index is 1.37. The quantitative estimate of drug-likeness (QED) is 0.832. The zero-order valence-electron chi connectivity index (χ0n) is 15.6. The van der Waals surface area contributed by atoms with Crippen molar-refractivity contribution in [1.82, 2.24) is 15.1 Å². The number of fused-ring (bicyclic) bond motifs is 2. The number of rotatable bonds is 1. The lowest BCUT2D eigenvalue weighted by atomic mass is 10.1.